The third-order valence-electron chi connectivity index (χ3n) is 2.84. The van der Waals surface area contributed by atoms with Gasteiger partial charge in [-0.3, -0.25) is 4.72 Å². The van der Waals surface area contributed by atoms with Gasteiger partial charge in [0.1, 0.15) is 10.6 Å². The zero-order valence-electron chi connectivity index (χ0n) is 11.6. The van der Waals surface area contributed by atoms with Gasteiger partial charge >= 0.3 is 0 Å². The van der Waals surface area contributed by atoms with Gasteiger partial charge in [-0.15, -0.1) is 0 Å². The average molecular weight is 371 g/mol. The van der Waals surface area contributed by atoms with Gasteiger partial charge in [0.2, 0.25) is 0 Å². The Morgan fingerprint density at radius 1 is 1.19 bits per heavy atom. The lowest BCUT2D eigenvalue weighted by Gasteiger charge is -2.13. The number of rotatable bonds is 4. The molecule has 2 aromatic carbocycles. The summed E-state index contributed by atoms with van der Waals surface area (Å²) in [5, 5.41) is 0. The first-order valence-corrected chi connectivity index (χ1v) is 8.33. The lowest BCUT2D eigenvalue weighted by Crippen LogP contribution is -2.14. The van der Waals surface area contributed by atoms with Crippen LogP contribution < -0.4 is 15.2 Å². The average Bonchev–Trinajstić information content (AvgIpc) is 2.42. The monoisotopic (exact) mass is 370 g/mol. The Hall–Kier alpha value is -1.73. The Morgan fingerprint density at radius 3 is 2.57 bits per heavy atom. The van der Waals surface area contributed by atoms with E-state index < -0.39 is 10.0 Å². The molecule has 0 aromatic heterocycles. The highest BCUT2D eigenvalue weighted by Gasteiger charge is 2.20. The van der Waals surface area contributed by atoms with E-state index >= 15 is 0 Å². The Labute approximate surface area is 132 Å². The van der Waals surface area contributed by atoms with Crippen LogP contribution in [0, 0.1) is 6.92 Å². The normalized spacial score (nSPS) is 11.2. The SMILES string of the molecule is COc1cc(N)ccc1S(=O)(=O)Nc1cc(C)ccc1Br. The van der Waals surface area contributed by atoms with Gasteiger partial charge in [-0.2, -0.15) is 0 Å². The van der Waals surface area contributed by atoms with Crippen molar-refractivity contribution < 1.29 is 13.2 Å². The number of sulfonamides is 1. The van der Waals surface area contributed by atoms with Crippen LogP contribution in [-0.4, -0.2) is 15.5 Å². The minimum Gasteiger partial charge on any atom is -0.495 e. The molecule has 0 amide bonds. The standard InChI is InChI=1S/C14H15BrN2O3S/c1-9-3-5-11(15)12(7-9)17-21(18,19)14-6-4-10(16)8-13(14)20-2/h3-8,17H,16H2,1-2H3. The van der Waals surface area contributed by atoms with Crippen molar-refractivity contribution in [2.75, 3.05) is 17.6 Å². The van der Waals surface area contributed by atoms with Gasteiger partial charge in [0, 0.05) is 16.2 Å². The van der Waals surface area contributed by atoms with Gasteiger partial charge in [0.15, 0.2) is 0 Å². The molecule has 0 aliphatic rings. The van der Waals surface area contributed by atoms with Gasteiger partial charge in [-0.05, 0) is 52.7 Å². The van der Waals surface area contributed by atoms with E-state index in [9.17, 15) is 8.42 Å². The Kier molecular flexibility index (Phi) is 4.43. The topological polar surface area (TPSA) is 81.4 Å². The molecule has 0 saturated carbocycles. The van der Waals surface area contributed by atoms with Gasteiger partial charge in [0.05, 0.1) is 12.8 Å². The van der Waals surface area contributed by atoms with Crippen LogP contribution in [0.15, 0.2) is 45.8 Å². The van der Waals surface area contributed by atoms with Crippen LogP contribution in [0.1, 0.15) is 5.56 Å². The summed E-state index contributed by atoms with van der Waals surface area (Å²) < 4.78 is 33.3. The molecule has 2 aromatic rings. The van der Waals surface area contributed by atoms with Crippen LogP contribution in [0.5, 0.6) is 5.75 Å². The molecule has 7 heteroatoms. The van der Waals surface area contributed by atoms with Gasteiger partial charge in [-0.1, -0.05) is 6.07 Å². The van der Waals surface area contributed by atoms with Gasteiger partial charge in [0.25, 0.3) is 10.0 Å². The first-order valence-electron chi connectivity index (χ1n) is 6.06. The number of ether oxygens (including phenoxy) is 1. The van der Waals surface area contributed by atoms with Crippen LogP contribution >= 0.6 is 15.9 Å². The van der Waals surface area contributed by atoms with Crippen LogP contribution in [0.3, 0.4) is 0 Å². The number of nitrogens with one attached hydrogen (secondary N) is 1. The highest BCUT2D eigenvalue weighted by atomic mass is 79.9. The van der Waals surface area contributed by atoms with E-state index in [-0.39, 0.29) is 10.6 Å². The van der Waals surface area contributed by atoms with E-state index in [1.807, 2.05) is 13.0 Å². The van der Waals surface area contributed by atoms with E-state index in [1.54, 1.807) is 12.1 Å². The highest BCUT2D eigenvalue weighted by Crippen LogP contribution is 2.30. The molecule has 0 saturated heterocycles. The summed E-state index contributed by atoms with van der Waals surface area (Å²) in [4.78, 5) is 0.0348. The summed E-state index contributed by atoms with van der Waals surface area (Å²) in [6, 6.07) is 9.81. The van der Waals surface area contributed by atoms with E-state index in [0.29, 0.717) is 15.8 Å². The number of aryl methyl sites for hydroxylation is 1. The fraction of sp³-hybridized carbons (Fsp3) is 0.143. The van der Waals surface area contributed by atoms with Crippen molar-refractivity contribution in [2.24, 2.45) is 0 Å². The number of halogens is 1. The van der Waals surface area contributed by atoms with Crippen molar-refractivity contribution >= 4 is 37.3 Å². The molecule has 0 unspecified atom stereocenters. The van der Waals surface area contributed by atoms with Crippen LogP contribution in [-0.2, 0) is 10.0 Å². The third-order valence-corrected chi connectivity index (χ3v) is 4.94. The predicted molar refractivity (Wildman–Crippen MR) is 87.1 cm³/mol. The third kappa shape index (κ3) is 3.48. The number of nitrogen functional groups attached to an aromatic ring is 1. The molecule has 0 fully saturated rings. The lowest BCUT2D eigenvalue weighted by atomic mass is 10.2. The summed E-state index contributed by atoms with van der Waals surface area (Å²) in [5.41, 5.74) is 7.48. The van der Waals surface area contributed by atoms with Crippen molar-refractivity contribution in [1.29, 1.82) is 0 Å². The minimum absolute atomic E-state index is 0.0348. The quantitative estimate of drug-likeness (QED) is 0.809. The minimum atomic E-state index is -3.77. The zero-order valence-corrected chi connectivity index (χ0v) is 14.0. The molecular weight excluding hydrogens is 356 g/mol. The van der Waals surface area contributed by atoms with E-state index in [2.05, 4.69) is 20.7 Å². The maximum absolute atomic E-state index is 12.5. The van der Waals surface area contributed by atoms with Crippen LogP contribution in [0.2, 0.25) is 0 Å². The number of hydrogen-bond donors (Lipinski definition) is 2. The molecule has 0 atom stereocenters. The summed E-state index contributed by atoms with van der Waals surface area (Å²) in [6.45, 7) is 1.88. The molecule has 0 spiro atoms. The van der Waals surface area contributed by atoms with Crippen LogP contribution in [0.4, 0.5) is 11.4 Å². The van der Waals surface area contributed by atoms with Gasteiger partial charge < -0.3 is 10.5 Å². The Morgan fingerprint density at radius 2 is 1.90 bits per heavy atom. The van der Waals surface area contributed by atoms with E-state index in [1.165, 1.54) is 25.3 Å². The summed E-state index contributed by atoms with van der Waals surface area (Å²) in [6.07, 6.45) is 0. The number of methoxy groups -OCH3 is 1. The molecule has 0 bridgehead atoms. The first-order chi connectivity index (χ1) is 9.83. The second-order valence-electron chi connectivity index (χ2n) is 4.50. The highest BCUT2D eigenvalue weighted by molar-refractivity contribution is 9.10. The fourth-order valence-electron chi connectivity index (χ4n) is 1.82. The number of hydrogen-bond acceptors (Lipinski definition) is 4. The molecule has 3 N–H and O–H groups in total. The molecule has 0 heterocycles. The fourth-order valence-corrected chi connectivity index (χ4v) is 3.52. The Balaban J connectivity index is 2.46. The molecule has 21 heavy (non-hydrogen) atoms. The van der Waals surface area contributed by atoms with Crippen molar-refractivity contribution in [1.82, 2.24) is 0 Å². The Bertz CT molecular complexity index is 776. The molecular formula is C14H15BrN2O3S. The number of anilines is 2. The van der Waals surface area contributed by atoms with Crippen molar-refractivity contribution in [3.63, 3.8) is 0 Å². The smallest absolute Gasteiger partial charge is 0.265 e. The van der Waals surface area contributed by atoms with Crippen molar-refractivity contribution in [3.05, 3.63) is 46.4 Å². The molecule has 112 valence electrons. The van der Waals surface area contributed by atoms with E-state index in [0.717, 1.165) is 5.56 Å². The zero-order chi connectivity index (χ0) is 15.6. The summed E-state index contributed by atoms with van der Waals surface area (Å²) >= 11 is 3.32. The maximum Gasteiger partial charge on any atom is 0.265 e. The van der Waals surface area contributed by atoms with E-state index in [4.69, 9.17) is 10.5 Å². The van der Waals surface area contributed by atoms with Crippen LogP contribution in [0.25, 0.3) is 0 Å². The molecule has 2 rings (SSSR count). The number of benzene rings is 2. The molecule has 0 aliphatic heterocycles. The van der Waals surface area contributed by atoms with Crippen molar-refractivity contribution in [3.8, 4) is 5.75 Å². The molecule has 0 aliphatic carbocycles. The largest absolute Gasteiger partial charge is 0.495 e. The number of nitrogens with two attached hydrogens (primary N) is 1. The van der Waals surface area contributed by atoms with Gasteiger partial charge in [-0.25, -0.2) is 8.42 Å². The first kappa shape index (κ1) is 15.7. The predicted octanol–water partition coefficient (Wildman–Crippen LogP) is 3.15. The maximum atomic E-state index is 12.5. The molecule has 5 nitrogen and oxygen atoms in total. The second kappa shape index (κ2) is 5.95. The summed E-state index contributed by atoms with van der Waals surface area (Å²) in [5.74, 6) is 0.200. The second-order valence-corrected chi connectivity index (χ2v) is 7.00. The van der Waals surface area contributed by atoms with Crippen molar-refractivity contribution in [2.45, 2.75) is 11.8 Å². The molecule has 0 radical (unpaired) electrons. The summed E-state index contributed by atoms with van der Waals surface area (Å²) in [7, 11) is -2.37. The lowest BCUT2D eigenvalue weighted by molar-refractivity contribution is 0.403.